The number of anilines is 2. The third kappa shape index (κ3) is 4.57. The minimum absolute atomic E-state index is 0.0858. The Morgan fingerprint density at radius 2 is 1.94 bits per heavy atom. The van der Waals surface area contributed by atoms with Crippen molar-refractivity contribution in [3.05, 3.63) is 80.9 Å². The van der Waals surface area contributed by atoms with Crippen LogP contribution in [-0.4, -0.2) is 28.9 Å². The van der Waals surface area contributed by atoms with Crippen LogP contribution in [0.25, 0.3) is 22.6 Å². The Balaban J connectivity index is 1.42. The first-order valence-electron chi connectivity index (χ1n) is 11.5. The molecule has 1 fully saturated rings. The van der Waals surface area contributed by atoms with E-state index >= 15 is 0 Å². The number of hydrogen-bond acceptors (Lipinski definition) is 6. The molecule has 0 atom stereocenters. The first-order valence-corrected chi connectivity index (χ1v) is 11.8. The molecule has 1 N–H and O–H groups in total. The van der Waals surface area contributed by atoms with Gasteiger partial charge in [0.05, 0.1) is 15.6 Å². The zero-order valence-corrected chi connectivity index (χ0v) is 19.8. The number of nitro groups is 1. The molecule has 2 heterocycles. The molecule has 1 amide bonds. The Bertz CT molecular complexity index is 1440. The van der Waals surface area contributed by atoms with Gasteiger partial charge in [-0.15, -0.1) is 0 Å². The zero-order valence-electron chi connectivity index (χ0n) is 19.1. The molecule has 1 aliphatic rings. The van der Waals surface area contributed by atoms with E-state index in [2.05, 4.69) is 17.2 Å². The monoisotopic (exact) mass is 490 g/mol. The molecule has 0 radical (unpaired) electrons. The predicted octanol–water partition coefficient (Wildman–Crippen LogP) is 6.47. The molecule has 1 saturated heterocycles. The predicted molar refractivity (Wildman–Crippen MR) is 136 cm³/mol. The molecule has 0 spiro atoms. The number of aryl methyl sites for hydroxylation is 1. The Morgan fingerprint density at radius 3 is 2.69 bits per heavy atom. The van der Waals surface area contributed by atoms with Crippen molar-refractivity contribution in [3.8, 4) is 11.5 Å². The van der Waals surface area contributed by atoms with Crippen LogP contribution in [-0.2, 0) is 6.42 Å². The molecule has 35 heavy (non-hydrogen) atoms. The lowest BCUT2D eigenvalue weighted by Gasteiger charge is -2.18. The van der Waals surface area contributed by atoms with Crippen LogP contribution in [0.2, 0.25) is 5.02 Å². The van der Waals surface area contributed by atoms with Gasteiger partial charge in [-0.25, -0.2) is 4.98 Å². The smallest absolute Gasteiger partial charge is 0.293 e. The molecule has 1 aromatic heterocycles. The van der Waals surface area contributed by atoms with E-state index < -0.39 is 10.8 Å². The van der Waals surface area contributed by atoms with Crippen LogP contribution in [0.5, 0.6) is 0 Å². The van der Waals surface area contributed by atoms with Crippen LogP contribution in [0, 0.1) is 10.1 Å². The number of carbonyl (C=O) groups excluding carboxylic acids is 1. The van der Waals surface area contributed by atoms with Gasteiger partial charge in [-0.3, -0.25) is 14.9 Å². The number of amides is 1. The van der Waals surface area contributed by atoms with Gasteiger partial charge in [-0.1, -0.05) is 24.6 Å². The van der Waals surface area contributed by atoms with E-state index in [1.165, 1.54) is 6.07 Å². The van der Waals surface area contributed by atoms with Crippen molar-refractivity contribution in [2.45, 2.75) is 26.2 Å². The van der Waals surface area contributed by atoms with Gasteiger partial charge in [0.2, 0.25) is 5.89 Å². The highest BCUT2D eigenvalue weighted by molar-refractivity contribution is 6.34. The second kappa shape index (κ2) is 9.38. The molecule has 5 rings (SSSR count). The normalized spacial score (nSPS) is 13.4. The molecule has 9 heteroatoms. The molecule has 8 nitrogen and oxygen atoms in total. The third-order valence-electron chi connectivity index (χ3n) is 6.20. The summed E-state index contributed by atoms with van der Waals surface area (Å²) in [5.74, 6) is -0.0868. The molecule has 4 aromatic rings. The number of nitrogens with zero attached hydrogens (tertiary/aromatic N) is 3. The topological polar surface area (TPSA) is 102 Å². The van der Waals surface area contributed by atoms with Crippen LogP contribution in [0.3, 0.4) is 0 Å². The molecule has 0 unspecified atom stereocenters. The molecule has 0 bridgehead atoms. The molecule has 178 valence electrons. The average molecular weight is 491 g/mol. The number of nitrogens with one attached hydrogen (secondary N) is 1. The Morgan fingerprint density at radius 1 is 1.14 bits per heavy atom. The van der Waals surface area contributed by atoms with Crippen molar-refractivity contribution in [2.75, 3.05) is 23.3 Å². The number of nitro benzene ring substituents is 1. The van der Waals surface area contributed by atoms with Crippen LogP contribution in [0.4, 0.5) is 17.1 Å². The Kier molecular flexibility index (Phi) is 6.13. The van der Waals surface area contributed by atoms with E-state index in [4.69, 9.17) is 16.0 Å². The van der Waals surface area contributed by atoms with E-state index in [0.29, 0.717) is 33.4 Å². The van der Waals surface area contributed by atoms with Gasteiger partial charge >= 0.3 is 0 Å². The highest BCUT2D eigenvalue weighted by atomic mass is 35.5. The summed E-state index contributed by atoms with van der Waals surface area (Å²) in [7, 11) is 0. The molecule has 0 saturated carbocycles. The van der Waals surface area contributed by atoms with E-state index in [1.54, 1.807) is 30.3 Å². The fourth-order valence-electron chi connectivity index (χ4n) is 4.30. The summed E-state index contributed by atoms with van der Waals surface area (Å²) >= 11 is 6.35. The number of fused-ring (bicyclic) bond motifs is 1. The third-order valence-corrected chi connectivity index (χ3v) is 6.53. The maximum absolute atomic E-state index is 13.0. The highest BCUT2D eigenvalue weighted by Gasteiger charge is 2.24. The second-order valence-electron chi connectivity index (χ2n) is 8.48. The summed E-state index contributed by atoms with van der Waals surface area (Å²) in [5.41, 5.74) is 4.21. The van der Waals surface area contributed by atoms with Crippen LogP contribution in [0.1, 0.15) is 35.7 Å². The second-order valence-corrected chi connectivity index (χ2v) is 8.89. The summed E-state index contributed by atoms with van der Waals surface area (Å²) in [6.45, 7) is 3.61. The number of hydrogen-bond donors (Lipinski definition) is 1. The van der Waals surface area contributed by atoms with Gasteiger partial charge in [0, 0.05) is 30.3 Å². The van der Waals surface area contributed by atoms with Gasteiger partial charge in [-0.05, 0) is 67.3 Å². The van der Waals surface area contributed by atoms with Crippen LogP contribution in [0.15, 0.2) is 59.0 Å². The minimum atomic E-state index is -0.495. The first kappa shape index (κ1) is 22.9. The number of oxazole rings is 1. The van der Waals surface area contributed by atoms with E-state index in [-0.39, 0.29) is 11.3 Å². The number of halogens is 1. The van der Waals surface area contributed by atoms with Crippen molar-refractivity contribution in [2.24, 2.45) is 0 Å². The maximum Gasteiger partial charge on any atom is 0.293 e. The lowest BCUT2D eigenvalue weighted by molar-refractivity contribution is -0.384. The number of rotatable bonds is 6. The fraction of sp³-hybridized carbons (Fsp3) is 0.231. The van der Waals surface area contributed by atoms with E-state index in [9.17, 15) is 14.9 Å². The summed E-state index contributed by atoms with van der Waals surface area (Å²) in [6.07, 6.45) is 2.88. The van der Waals surface area contributed by atoms with Gasteiger partial charge < -0.3 is 14.6 Å². The summed E-state index contributed by atoms with van der Waals surface area (Å²) < 4.78 is 5.90. The van der Waals surface area contributed by atoms with Crippen LogP contribution < -0.4 is 10.2 Å². The average Bonchev–Trinajstić information content (AvgIpc) is 3.54. The zero-order chi connectivity index (χ0) is 24.5. The molecule has 0 aliphatic carbocycles. The minimum Gasteiger partial charge on any atom is -0.436 e. The first-order chi connectivity index (χ1) is 16.9. The quantitative estimate of drug-likeness (QED) is 0.245. The standard InChI is InChI=1S/C26H23ClN4O4/c1-2-16-5-10-24-21(13-16)29-26(35-24)18-6-8-19(27)20(14-18)28-25(32)17-7-9-22(23(15-17)31(33)34)30-11-3-4-12-30/h5-10,13-15H,2-4,11-12H2,1H3,(H,28,32). The van der Waals surface area contributed by atoms with Crippen molar-refractivity contribution in [1.29, 1.82) is 0 Å². The van der Waals surface area contributed by atoms with E-state index in [1.807, 2.05) is 23.1 Å². The molecule has 3 aromatic carbocycles. The van der Waals surface area contributed by atoms with Gasteiger partial charge in [0.25, 0.3) is 11.6 Å². The summed E-state index contributed by atoms with van der Waals surface area (Å²) in [6, 6.07) is 15.5. The van der Waals surface area contributed by atoms with Gasteiger partial charge in [0.1, 0.15) is 11.2 Å². The Hall–Kier alpha value is -3.91. The van der Waals surface area contributed by atoms with Crippen molar-refractivity contribution in [1.82, 2.24) is 4.98 Å². The summed E-state index contributed by atoms with van der Waals surface area (Å²) in [5, 5.41) is 14.8. The lowest BCUT2D eigenvalue weighted by atomic mass is 10.1. The SMILES string of the molecule is CCc1ccc2oc(-c3ccc(Cl)c(NC(=O)c4ccc(N5CCCC5)c([N+](=O)[O-])c4)c3)nc2c1. The van der Waals surface area contributed by atoms with Gasteiger partial charge in [-0.2, -0.15) is 0 Å². The number of aromatic nitrogens is 1. The lowest BCUT2D eigenvalue weighted by Crippen LogP contribution is -2.20. The van der Waals surface area contributed by atoms with Crippen LogP contribution >= 0.6 is 11.6 Å². The molecular formula is C26H23ClN4O4. The number of carbonyl (C=O) groups is 1. The molecular weight excluding hydrogens is 468 g/mol. The molecule has 1 aliphatic heterocycles. The van der Waals surface area contributed by atoms with E-state index in [0.717, 1.165) is 43.4 Å². The summed E-state index contributed by atoms with van der Waals surface area (Å²) in [4.78, 5) is 30.8. The maximum atomic E-state index is 13.0. The van der Waals surface area contributed by atoms with Gasteiger partial charge in [0.15, 0.2) is 5.58 Å². The van der Waals surface area contributed by atoms with Crippen molar-refractivity contribution in [3.63, 3.8) is 0 Å². The number of benzene rings is 3. The fourth-order valence-corrected chi connectivity index (χ4v) is 4.47. The Labute approximate surface area is 206 Å². The highest BCUT2D eigenvalue weighted by Crippen LogP contribution is 2.34. The van der Waals surface area contributed by atoms with Crippen molar-refractivity contribution >= 4 is 45.7 Å². The van der Waals surface area contributed by atoms with Crippen molar-refractivity contribution < 1.29 is 14.1 Å². The largest absolute Gasteiger partial charge is 0.436 e.